The second-order valence-electron chi connectivity index (χ2n) is 8.20. The highest BCUT2D eigenvalue weighted by Crippen LogP contribution is 2.27. The van der Waals surface area contributed by atoms with Crippen LogP contribution >= 0.6 is 0 Å². The Morgan fingerprint density at radius 3 is 2.14 bits per heavy atom. The molecule has 0 spiro atoms. The van der Waals surface area contributed by atoms with E-state index in [0.29, 0.717) is 13.1 Å². The van der Waals surface area contributed by atoms with Crippen LogP contribution in [-0.4, -0.2) is 29.9 Å². The number of piperidine rings is 1. The van der Waals surface area contributed by atoms with E-state index in [1.54, 1.807) is 0 Å². The number of nitrogens with zero attached hydrogens (tertiary/aromatic N) is 1. The molecule has 0 bridgehead atoms. The monoisotopic (exact) mass is 393 g/mol. The Kier molecular flexibility index (Phi) is 6.57. The molecule has 1 saturated heterocycles. The fourth-order valence-corrected chi connectivity index (χ4v) is 3.73. The molecule has 29 heavy (non-hydrogen) atoms. The van der Waals surface area contributed by atoms with Gasteiger partial charge in [0.05, 0.1) is 0 Å². The number of benzene rings is 2. The number of carbonyl (C=O) groups is 2. The molecule has 1 fully saturated rings. The molecule has 1 heterocycles. The van der Waals surface area contributed by atoms with Crippen molar-refractivity contribution in [1.82, 2.24) is 4.90 Å². The van der Waals surface area contributed by atoms with E-state index in [-0.39, 0.29) is 23.8 Å². The van der Waals surface area contributed by atoms with Gasteiger partial charge in [-0.3, -0.25) is 4.79 Å². The van der Waals surface area contributed by atoms with E-state index >= 15 is 0 Å². The van der Waals surface area contributed by atoms with E-state index < -0.39 is 0 Å². The van der Waals surface area contributed by atoms with Gasteiger partial charge in [0, 0.05) is 30.4 Å². The minimum atomic E-state index is -0.0843. The van der Waals surface area contributed by atoms with Crippen molar-refractivity contribution in [3.63, 3.8) is 0 Å². The summed E-state index contributed by atoms with van der Waals surface area (Å²) < 4.78 is 0. The highest BCUT2D eigenvalue weighted by atomic mass is 16.2. The Hall–Kier alpha value is -2.82. The van der Waals surface area contributed by atoms with Crippen LogP contribution in [-0.2, 0) is 4.79 Å². The molecule has 5 nitrogen and oxygen atoms in total. The number of anilines is 2. The van der Waals surface area contributed by atoms with Gasteiger partial charge in [-0.2, -0.15) is 0 Å². The number of amides is 3. The van der Waals surface area contributed by atoms with Crippen molar-refractivity contribution in [2.45, 2.75) is 40.5 Å². The highest BCUT2D eigenvalue weighted by molar-refractivity contribution is 5.92. The molecule has 1 aliphatic heterocycles. The lowest BCUT2D eigenvalue weighted by atomic mass is 9.85. The molecule has 0 aliphatic carbocycles. The zero-order valence-corrected chi connectivity index (χ0v) is 17.8. The largest absolute Gasteiger partial charge is 0.326 e. The number of nitrogens with one attached hydrogen (secondary N) is 2. The number of carbonyl (C=O) groups excluding carboxylic acids is 2. The summed E-state index contributed by atoms with van der Waals surface area (Å²) in [5, 5.41) is 6.00. The maximum absolute atomic E-state index is 12.7. The lowest BCUT2D eigenvalue weighted by Crippen LogP contribution is -2.43. The van der Waals surface area contributed by atoms with Crippen molar-refractivity contribution in [2.24, 2.45) is 11.8 Å². The number of rotatable bonds is 4. The average molecular weight is 394 g/mol. The molecule has 2 N–H and O–H groups in total. The quantitative estimate of drug-likeness (QED) is 0.756. The Morgan fingerprint density at radius 2 is 1.52 bits per heavy atom. The Morgan fingerprint density at radius 1 is 0.897 bits per heavy atom. The Labute approximate surface area is 173 Å². The van der Waals surface area contributed by atoms with Crippen molar-refractivity contribution in [3.8, 4) is 0 Å². The first kappa shape index (κ1) is 20.9. The molecule has 3 amide bonds. The van der Waals surface area contributed by atoms with Crippen LogP contribution in [0.4, 0.5) is 16.2 Å². The summed E-state index contributed by atoms with van der Waals surface area (Å²) in [4.78, 5) is 27.0. The van der Waals surface area contributed by atoms with Crippen LogP contribution in [0, 0.1) is 32.6 Å². The lowest BCUT2D eigenvalue weighted by molar-refractivity contribution is -0.121. The van der Waals surface area contributed by atoms with Gasteiger partial charge in [-0.1, -0.05) is 30.7 Å². The minimum absolute atomic E-state index is 0.0517. The van der Waals surface area contributed by atoms with Crippen LogP contribution in [0.15, 0.2) is 42.5 Å². The molecule has 1 atom stereocenters. The third-order valence-electron chi connectivity index (χ3n) is 6.02. The minimum Gasteiger partial charge on any atom is -0.326 e. The van der Waals surface area contributed by atoms with Gasteiger partial charge >= 0.3 is 6.03 Å². The third kappa shape index (κ3) is 5.37. The van der Waals surface area contributed by atoms with Gasteiger partial charge in [-0.05, 0) is 74.9 Å². The standard InChI is InChI=1S/C24H31N3O2/c1-16-5-8-21(9-6-16)26-24(29)27-13-11-20(12-14-27)19(4)23(28)25-22-10-7-17(2)18(3)15-22/h5-10,15,19-20H,11-14H2,1-4H3,(H,25,28)(H,26,29)/t19-/m1/s1. The maximum Gasteiger partial charge on any atom is 0.321 e. The van der Waals surface area contributed by atoms with E-state index in [0.717, 1.165) is 29.8 Å². The fourth-order valence-electron chi connectivity index (χ4n) is 3.73. The molecule has 2 aromatic carbocycles. The predicted octanol–water partition coefficient (Wildman–Crippen LogP) is 5.13. The second-order valence-corrected chi connectivity index (χ2v) is 8.20. The van der Waals surface area contributed by atoms with Gasteiger partial charge in [0.15, 0.2) is 0 Å². The van der Waals surface area contributed by atoms with Gasteiger partial charge in [-0.25, -0.2) is 4.79 Å². The molecule has 0 unspecified atom stereocenters. The first-order valence-corrected chi connectivity index (χ1v) is 10.3. The summed E-state index contributed by atoms with van der Waals surface area (Å²) in [5.74, 6) is 0.250. The van der Waals surface area contributed by atoms with Crippen LogP contribution in [0.2, 0.25) is 0 Å². The zero-order chi connectivity index (χ0) is 21.0. The molecule has 0 saturated carbocycles. The van der Waals surface area contributed by atoms with Crippen molar-refractivity contribution in [3.05, 3.63) is 59.2 Å². The topological polar surface area (TPSA) is 61.4 Å². The first-order chi connectivity index (χ1) is 13.8. The number of hydrogen-bond donors (Lipinski definition) is 2. The summed E-state index contributed by atoms with van der Waals surface area (Å²) in [6.07, 6.45) is 1.67. The number of likely N-dealkylation sites (tertiary alicyclic amines) is 1. The van der Waals surface area contributed by atoms with Crippen molar-refractivity contribution >= 4 is 23.3 Å². The molecule has 1 aliphatic rings. The Bertz CT molecular complexity index is 868. The molecule has 0 aromatic heterocycles. The Balaban J connectivity index is 1.49. The van der Waals surface area contributed by atoms with Crippen LogP contribution in [0.5, 0.6) is 0 Å². The van der Waals surface area contributed by atoms with Crippen molar-refractivity contribution in [1.29, 1.82) is 0 Å². The number of hydrogen-bond acceptors (Lipinski definition) is 2. The zero-order valence-electron chi connectivity index (χ0n) is 17.8. The average Bonchev–Trinajstić information content (AvgIpc) is 2.72. The van der Waals surface area contributed by atoms with E-state index in [4.69, 9.17) is 0 Å². The molecule has 154 valence electrons. The van der Waals surface area contributed by atoms with Gasteiger partial charge in [0.1, 0.15) is 0 Å². The lowest BCUT2D eigenvalue weighted by Gasteiger charge is -2.34. The van der Waals surface area contributed by atoms with Gasteiger partial charge in [0.2, 0.25) is 5.91 Å². The summed E-state index contributed by atoms with van der Waals surface area (Å²) in [6, 6.07) is 13.7. The molecule has 3 rings (SSSR count). The second kappa shape index (κ2) is 9.12. The van der Waals surface area contributed by atoms with Crippen LogP contribution < -0.4 is 10.6 Å². The van der Waals surface area contributed by atoms with Crippen molar-refractivity contribution < 1.29 is 9.59 Å². The van der Waals surface area contributed by atoms with Gasteiger partial charge in [0.25, 0.3) is 0 Å². The fraction of sp³-hybridized carbons (Fsp3) is 0.417. The summed E-state index contributed by atoms with van der Waals surface area (Å²) >= 11 is 0. The SMILES string of the molecule is Cc1ccc(NC(=O)N2CCC([C@@H](C)C(=O)Nc3ccc(C)c(C)c3)CC2)cc1. The van der Waals surface area contributed by atoms with Crippen LogP contribution in [0.1, 0.15) is 36.5 Å². The van der Waals surface area contributed by atoms with Gasteiger partial charge in [-0.15, -0.1) is 0 Å². The van der Waals surface area contributed by atoms with Crippen molar-refractivity contribution in [2.75, 3.05) is 23.7 Å². The summed E-state index contributed by atoms with van der Waals surface area (Å²) in [6.45, 7) is 9.46. The van der Waals surface area contributed by atoms with Crippen LogP contribution in [0.25, 0.3) is 0 Å². The third-order valence-corrected chi connectivity index (χ3v) is 6.02. The normalized spacial score (nSPS) is 15.7. The van der Waals surface area contributed by atoms with E-state index in [1.165, 1.54) is 11.1 Å². The van der Waals surface area contributed by atoms with Crippen LogP contribution in [0.3, 0.4) is 0 Å². The molecular weight excluding hydrogens is 362 g/mol. The smallest absolute Gasteiger partial charge is 0.321 e. The van der Waals surface area contributed by atoms with E-state index in [9.17, 15) is 9.59 Å². The van der Waals surface area contributed by atoms with Gasteiger partial charge < -0.3 is 15.5 Å². The predicted molar refractivity (Wildman–Crippen MR) is 118 cm³/mol. The van der Waals surface area contributed by atoms with E-state index in [1.807, 2.05) is 68.1 Å². The number of urea groups is 1. The van der Waals surface area contributed by atoms with E-state index in [2.05, 4.69) is 17.6 Å². The maximum atomic E-state index is 12.7. The summed E-state index contributed by atoms with van der Waals surface area (Å²) in [7, 11) is 0. The first-order valence-electron chi connectivity index (χ1n) is 10.3. The highest BCUT2D eigenvalue weighted by Gasteiger charge is 2.30. The molecule has 0 radical (unpaired) electrons. The molecule has 5 heteroatoms. The summed E-state index contributed by atoms with van der Waals surface area (Å²) in [5.41, 5.74) is 5.20. The molecule has 2 aromatic rings. The molecular formula is C24H31N3O2. The number of aryl methyl sites for hydroxylation is 3.